The van der Waals surface area contributed by atoms with E-state index in [1.54, 1.807) is 0 Å². The van der Waals surface area contributed by atoms with Crippen LogP contribution in [0.4, 0.5) is 0 Å². The predicted octanol–water partition coefficient (Wildman–Crippen LogP) is 2.19. The zero-order valence-electron chi connectivity index (χ0n) is 9.25. The summed E-state index contributed by atoms with van der Waals surface area (Å²) in [5.41, 5.74) is 12.5. The van der Waals surface area contributed by atoms with Crippen molar-refractivity contribution in [2.75, 3.05) is 0 Å². The average Bonchev–Trinajstić information content (AvgIpc) is 2.19. The summed E-state index contributed by atoms with van der Waals surface area (Å²) in [6, 6.07) is 9.87. The minimum Gasteiger partial charge on any atom is -0.309 e. The quantitative estimate of drug-likeness (QED) is 0.721. The van der Waals surface area contributed by atoms with Crippen LogP contribution in [0.5, 0.6) is 0 Å². The molecule has 0 fully saturated rings. The van der Waals surface area contributed by atoms with E-state index in [1.807, 2.05) is 30.3 Å². The van der Waals surface area contributed by atoms with E-state index in [0.29, 0.717) is 0 Å². The number of hydrogen-bond donors (Lipinski definition) is 2. The molecule has 78 valence electrons. The Bertz CT molecular complexity index is 288. The second-order valence-corrected chi connectivity index (χ2v) is 4.47. The second kappa shape index (κ2) is 3.71. The van der Waals surface area contributed by atoms with E-state index in [9.17, 15) is 0 Å². The van der Waals surface area contributed by atoms with E-state index in [0.717, 1.165) is 12.0 Å². The molecule has 0 atom stereocenters. The third-order valence-electron chi connectivity index (χ3n) is 3.26. The molecular weight excluding hydrogens is 172 g/mol. The van der Waals surface area contributed by atoms with Crippen LogP contribution in [0.15, 0.2) is 30.3 Å². The van der Waals surface area contributed by atoms with Crippen molar-refractivity contribution in [3.63, 3.8) is 0 Å². The molecular formula is C12H20N2. The van der Waals surface area contributed by atoms with Crippen LogP contribution in [0.3, 0.4) is 0 Å². The minimum atomic E-state index is -0.761. The van der Waals surface area contributed by atoms with E-state index in [1.165, 1.54) is 0 Å². The highest BCUT2D eigenvalue weighted by Gasteiger charge is 2.38. The third kappa shape index (κ3) is 1.81. The highest BCUT2D eigenvalue weighted by Crippen LogP contribution is 2.35. The van der Waals surface area contributed by atoms with Gasteiger partial charge in [-0.2, -0.15) is 0 Å². The molecule has 1 aromatic rings. The SMILES string of the molecule is CCC(C)(C)C(N)(N)c1ccccc1. The summed E-state index contributed by atoms with van der Waals surface area (Å²) in [4.78, 5) is 0. The van der Waals surface area contributed by atoms with Gasteiger partial charge in [-0.25, -0.2) is 0 Å². The monoisotopic (exact) mass is 192 g/mol. The Morgan fingerprint density at radius 3 is 2.00 bits per heavy atom. The predicted molar refractivity (Wildman–Crippen MR) is 60.6 cm³/mol. The molecule has 0 bridgehead atoms. The van der Waals surface area contributed by atoms with Gasteiger partial charge in [0.2, 0.25) is 0 Å². The van der Waals surface area contributed by atoms with Gasteiger partial charge >= 0.3 is 0 Å². The Hall–Kier alpha value is -0.860. The van der Waals surface area contributed by atoms with Gasteiger partial charge in [-0.15, -0.1) is 0 Å². The van der Waals surface area contributed by atoms with E-state index in [-0.39, 0.29) is 5.41 Å². The summed E-state index contributed by atoms with van der Waals surface area (Å²) in [6.07, 6.45) is 0.953. The molecule has 0 heterocycles. The average molecular weight is 192 g/mol. The molecule has 0 aliphatic rings. The summed E-state index contributed by atoms with van der Waals surface area (Å²) in [5, 5.41) is 0. The maximum Gasteiger partial charge on any atom is 0.0951 e. The highest BCUT2D eigenvalue weighted by molar-refractivity contribution is 5.24. The lowest BCUT2D eigenvalue weighted by Crippen LogP contribution is -2.57. The zero-order chi connectivity index (χ0) is 10.8. The van der Waals surface area contributed by atoms with E-state index in [4.69, 9.17) is 11.5 Å². The standard InChI is InChI=1S/C12H20N2/c1-4-11(2,3)12(13,14)10-8-6-5-7-9-10/h5-9H,4,13-14H2,1-3H3. The fraction of sp³-hybridized carbons (Fsp3) is 0.500. The third-order valence-corrected chi connectivity index (χ3v) is 3.26. The van der Waals surface area contributed by atoms with Gasteiger partial charge in [-0.1, -0.05) is 51.1 Å². The van der Waals surface area contributed by atoms with Crippen LogP contribution in [0.1, 0.15) is 32.8 Å². The molecule has 1 aromatic carbocycles. The summed E-state index contributed by atoms with van der Waals surface area (Å²) in [6.45, 7) is 6.30. The second-order valence-electron chi connectivity index (χ2n) is 4.47. The van der Waals surface area contributed by atoms with Crippen LogP contribution in [-0.4, -0.2) is 0 Å². The molecule has 0 aromatic heterocycles. The van der Waals surface area contributed by atoms with Crippen LogP contribution in [-0.2, 0) is 5.66 Å². The lowest BCUT2D eigenvalue weighted by Gasteiger charge is -2.40. The van der Waals surface area contributed by atoms with Crippen LogP contribution in [0.2, 0.25) is 0 Å². The summed E-state index contributed by atoms with van der Waals surface area (Å²) in [5.74, 6) is 0. The van der Waals surface area contributed by atoms with Gasteiger partial charge in [0.25, 0.3) is 0 Å². The smallest absolute Gasteiger partial charge is 0.0951 e. The fourth-order valence-corrected chi connectivity index (χ4v) is 1.40. The highest BCUT2D eigenvalue weighted by atomic mass is 15.0. The normalized spacial score (nSPS) is 12.9. The zero-order valence-corrected chi connectivity index (χ0v) is 9.25. The first-order valence-corrected chi connectivity index (χ1v) is 5.05. The fourth-order valence-electron chi connectivity index (χ4n) is 1.40. The van der Waals surface area contributed by atoms with Crippen LogP contribution < -0.4 is 11.5 Å². The van der Waals surface area contributed by atoms with Crippen LogP contribution >= 0.6 is 0 Å². The van der Waals surface area contributed by atoms with Crippen molar-refractivity contribution < 1.29 is 0 Å². The number of rotatable bonds is 3. The van der Waals surface area contributed by atoms with Crippen molar-refractivity contribution in [1.29, 1.82) is 0 Å². The van der Waals surface area contributed by atoms with Gasteiger partial charge in [-0.3, -0.25) is 0 Å². The Kier molecular flexibility index (Phi) is 2.98. The molecule has 2 heteroatoms. The maximum absolute atomic E-state index is 6.20. The molecule has 0 spiro atoms. The van der Waals surface area contributed by atoms with Gasteiger partial charge < -0.3 is 11.5 Å². The van der Waals surface area contributed by atoms with Gasteiger partial charge in [0.15, 0.2) is 0 Å². The molecule has 0 aliphatic carbocycles. The Balaban J connectivity index is 3.08. The first kappa shape index (κ1) is 11.2. The first-order valence-electron chi connectivity index (χ1n) is 5.05. The van der Waals surface area contributed by atoms with Gasteiger partial charge in [0.05, 0.1) is 5.66 Å². The largest absolute Gasteiger partial charge is 0.309 e. The number of benzene rings is 1. The molecule has 0 radical (unpaired) electrons. The van der Waals surface area contributed by atoms with Crippen molar-refractivity contribution >= 4 is 0 Å². The summed E-state index contributed by atoms with van der Waals surface area (Å²) in [7, 11) is 0. The summed E-state index contributed by atoms with van der Waals surface area (Å²) < 4.78 is 0. The molecule has 2 nitrogen and oxygen atoms in total. The molecule has 0 amide bonds. The molecule has 0 saturated heterocycles. The lowest BCUT2D eigenvalue weighted by atomic mass is 9.74. The Morgan fingerprint density at radius 2 is 1.57 bits per heavy atom. The van der Waals surface area contributed by atoms with Crippen molar-refractivity contribution in [2.45, 2.75) is 32.9 Å². The van der Waals surface area contributed by atoms with Gasteiger partial charge in [-0.05, 0) is 17.4 Å². The molecule has 4 N–H and O–H groups in total. The number of nitrogens with two attached hydrogens (primary N) is 2. The topological polar surface area (TPSA) is 52.0 Å². The van der Waals surface area contributed by atoms with E-state index >= 15 is 0 Å². The Morgan fingerprint density at radius 1 is 1.07 bits per heavy atom. The molecule has 14 heavy (non-hydrogen) atoms. The van der Waals surface area contributed by atoms with Crippen molar-refractivity contribution in [2.24, 2.45) is 16.9 Å². The first-order chi connectivity index (χ1) is 6.42. The van der Waals surface area contributed by atoms with Crippen molar-refractivity contribution in [3.05, 3.63) is 35.9 Å². The van der Waals surface area contributed by atoms with Crippen molar-refractivity contribution in [1.82, 2.24) is 0 Å². The molecule has 0 aliphatic heterocycles. The molecule has 0 unspecified atom stereocenters. The van der Waals surface area contributed by atoms with E-state index < -0.39 is 5.66 Å². The van der Waals surface area contributed by atoms with Crippen LogP contribution in [0.25, 0.3) is 0 Å². The maximum atomic E-state index is 6.20. The summed E-state index contributed by atoms with van der Waals surface area (Å²) >= 11 is 0. The Labute approximate surface area is 86.3 Å². The van der Waals surface area contributed by atoms with Crippen molar-refractivity contribution in [3.8, 4) is 0 Å². The van der Waals surface area contributed by atoms with Crippen LogP contribution in [0, 0.1) is 5.41 Å². The molecule has 0 saturated carbocycles. The molecule has 1 rings (SSSR count). The van der Waals surface area contributed by atoms with Gasteiger partial charge in [0, 0.05) is 0 Å². The number of hydrogen-bond acceptors (Lipinski definition) is 2. The minimum absolute atomic E-state index is 0.103. The lowest BCUT2D eigenvalue weighted by molar-refractivity contribution is 0.163. The van der Waals surface area contributed by atoms with Gasteiger partial charge in [0.1, 0.15) is 0 Å². The van der Waals surface area contributed by atoms with E-state index in [2.05, 4.69) is 20.8 Å².